The molecule has 0 atom stereocenters. The lowest BCUT2D eigenvalue weighted by Gasteiger charge is -2.36. The van der Waals surface area contributed by atoms with Gasteiger partial charge in [-0.25, -0.2) is 23.1 Å². The lowest BCUT2D eigenvalue weighted by molar-refractivity contribution is -0.0221. The number of piperazine rings is 1. The SMILES string of the molecule is Fc1ccc2onc(CN3CCN(c4cc(N5CCC(F)(F)CC5)ncn4)CC3)c2c1. The maximum atomic E-state index is 13.6. The van der Waals surface area contributed by atoms with E-state index in [-0.39, 0.29) is 18.7 Å². The number of halogens is 3. The zero-order valence-electron chi connectivity index (χ0n) is 17.0. The van der Waals surface area contributed by atoms with Crippen LogP contribution >= 0.6 is 0 Å². The Hall–Kier alpha value is -2.88. The maximum absolute atomic E-state index is 13.6. The van der Waals surface area contributed by atoms with Crippen molar-refractivity contribution in [2.24, 2.45) is 0 Å². The molecule has 2 aromatic heterocycles. The van der Waals surface area contributed by atoms with Gasteiger partial charge in [0.05, 0.1) is 0 Å². The lowest BCUT2D eigenvalue weighted by atomic mass is 10.1. The summed E-state index contributed by atoms with van der Waals surface area (Å²) in [6, 6.07) is 6.29. The standard InChI is InChI=1S/C21H23F3N6O/c22-15-1-2-18-16(11-15)17(27-31-18)13-28-7-9-30(10-8-28)20-12-19(25-14-26-20)29-5-3-21(23,24)4-6-29/h1-2,11-12,14H,3-10,13H2. The Labute approximate surface area is 177 Å². The van der Waals surface area contributed by atoms with Crippen molar-refractivity contribution in [3.8, 4) is 0 Å². The van der Waals surface area contributed by atoms with E-state index in [1.54, 1.807) is 6.07 Å². The van der Waals surface area contributed by atoms with Crippen LogP contribution in [0.15, 0.2) is 35.1 Å². The first-order valence-electron chi connectivity index (χ1n) is 10.4. The fourth-order valence-corrected chi connectivity index (χ4v) is 4.17. The van der Waals surface area contributed by atoms with E-state index in [1.165, 1.54) is 18.5 Å². The second-order valence-corrected chi connectivity index (χ2v) is 8.11. The first-order chi connectivity index (χ1) is 15.0. The van der Waals surface area contributed by atoms with Crippen molar-refractivity contribution in [3.63, 3.8) is 0 Å². The average molecular weight is 432 g/mol. The van der Waals surface area contributed by atoms with Gasteiger partial charge in [0.1, 0.15) is 29.5 Å². The Morgan fingerprint density at radius 3 is 2.29 bits per heavy atom. The molecule has 3 aromatic rings. The predicted molar refractivity (Wildman–Crippen MR) is 110 cm³/mol. The Kier molecular flexibility index (Phi) is 5.17. The fourth-order valence-electron chi connectivity index (χ4n) is 4.17. The van der Waals surface area contributed by atoms with E-state index in [4.69, 9.17) is 4.52 Å². The van der Waals surface area contributed by atoms with Gasteiger partial charge in [0.15, 0.2) is 5.58 Å². The number of fused-ring (bicyclic) bond motifs is 1. The van der Waals surface area contributed by atoms with Gasteiger partial charge in [0.2, 0.25) is 0 Å². The van der Waals surface area contributed by atoms with Crippen LogP contribution in [0.2, 0.25) is 0 Å². The second-order valence-electron chi connectivity index (χ2n) is 8.11. The number of anilines is 2. The van der Waals surface area contributed by atoms with Gasteiger partial charge in [-0.3, -0.25) is 4.90 Å². The molecule has 5 rings (SSSR count). The third kappa shape index (κ3) is 4.30. The molecule has 0 unspecified atom stereocenters. The summed E-state index contributed by atoms with van der Waals surface area (Å²) < 4.78 is 45.8. The van der Waals surface area contributed by atoms with Gasteiger partial charge in [0, 0.05) is 70.1 Å². The van der Waals surface area contributed by atoms with Gasteiger partial charge in [-0.1, -0.05) is 5.16 Å². The molecule has 0 N–H and O–H groups in total. The molecule has 7 nitrogen and oxygen atoms in total. The minimum absolute atomic E-state index is 0.147. The van der Waals surface area contributed by atoms with Crippen LogP contribution in [0.25, 0.3) is 11.0 Å². The minimum atomic E-state index is -2.58. The first-order valence-corrected chi connectivity index (χ1v) is 10.4. The van der Waals surface area contributed by atoms with Crippen molar-refractivity contribution >= 4 is 22.6 Å². The zero-order valence-corrected chi connectivity index (χ0v) is 17.0. The van der Waals surface area contributed by atoms with Crippen LogP contribution in [0.5, 0.6) is 0 Å². The zero-order chi connectivity index (χ0) is 21.4. The molecule has 2 aliphatic rings. The van der Waals surface area contributed by atoms with Crippen molar-refractivity contribution < 1.29 is 17.7 Å². The first kappa shape index (κ1) is 20.0. The van der Waals surface area contributed by atoms with Crippen molar-refractivity contribution in [2.45, 2.75) is 25.3 Å². The summed E-state index contributed by atoms with van der Waals surface area (Å²) in [7, 11) is 0. The third-order valence-electron chi connectivity index (χ3n) is 6.03. The monoisotopic (exact) mass is 432 g/mol. The van der Waals surface area contributed by atoms with Crippen LogP contribution in [0, 0.1) is 5.82 Å². The summed E-state index contributed by atoms with van der Waals surface area (Å²) in [5, 5.41) is 4.81. The van der Waals surface area contributed by atoms with Crippen LogP contribution in [0.1, 0.15) is 18.5 Å². The highest BCUT2D eigenvalue weighted by Gasteiger charge is 2.34. The normalized spacial score (nSPS) is 19.8. The fraction of sp³-hybridized carbons (Fsp3) is 0.476. The number of piperidine rings is 1. The molecular weight excluding hydrogens is 409 g/mol. The van der Waals surface area contributed by atoms with E-state index in [9.17, 15) is 13.2 Å². The Morgan fingerprint density at radius 1 is 0.903 bits per heavy atom. The van der Waals surface area contributed by atoms with Crippen LogP contribution in [0.3, 0.4) is 0 Å². The summed E-state index contributed by atoms with van der Waals surface area (Å²) in [5.74, 6) is -1.39. The molecule has 0 spiro atoms. The van der Waals surface area contributed by atoms with Crippen molar-refractivity contribution in [1.29, 1.82) is 0 Å². The summed E-state index contributed by atoms with van der Waals surface area (Å²) >= 11 is 0. The van der Waals surface area contributed by atoms with Crippen LogP contribution in [0.4, 0.5) is 24.8 Å². The molecule has 2 saturated heterocycles. The van der Waals surface area contributed by atoms with Crippen molar-refractivity contribution in [1.82, 2.24) is 20.0 Å². The summed E-state index contributed by atoms with van der Waals surface area (Å²) in [4.78, 5) is 15.0. The van der Waals surface area contributed by atoms with Crippen molar-refractivity contribution in [3.05, 3.63) is 42.1 Å². The molecule has 31 heavy (non-hydrogen) atoms. The number of rotatable bonds is 4. The summed E-state index contributed by atoms with van der Waals surface area (Å²) in [6.45, 7) is 4.28. The van der Waals surface area contributed by atoms with E-state index < -0.39 is 5.92 Å². The van der Waals surface area contributed by atoms with Crippen molar-refractivity contribution in [2.75, 3.05) is 49.1 Å². The highest BCUT2D eigenvalue weighted by atomic mass is 19.3. The third-order valence-corrected chi connectivity index (χ3v) is 6.03. The van der Waals surface area contributed by atoms with E-state index in [2.05, 4.69) is 24.9 Å². The van der Waals surface area contributed by atoms with Gasteiger partial charge >= 0.3 is 0 Å². The Balaban J connectivity index is 1.21. The molecule has 1 aromatic carbocycles. The number of benzene rings is 1. The highest BCUT2D eigenvalue weighted by molar-refractivity contribution is 5.79. The number of nitrogens with zero attached hydrogens (tertiary/aromatic N) is 6. The van der Waals surface area contributed by atoms with E-state index in [1.807, 2.05) is 11.0 Å². The average Bonchev–Trinajstić information content (AvgIpc) is 3.16. The Morgan fingerprint density at radius 2 is 1.58 bits per heavy atom. The quantitative estimate of drug-likeness (QED) is 0.627. The van der Waals surface area contributed by atoms with Crippen LogP contribution in [-0.4, -0.2) is 65.2 Å². The highest BCUT2D eigenvalue weighted by Crippen LogP contribution is 2.30. The van der Waals surface area contributed by atoms with Gasteiger partial charge in [-0.05, 0) is 18.2 Å². The molecule has 164 valence electrons. The molecule has 2 aliphatic heterocycles. The number of hydrogen-bond donors (Lipinski definition) is 0. The molecule has 2 fully saturated rings. The molecular formula is C21H23F3N6O. The number of aromatic nitrogens is 3. The van der Waals surface area contributed by atoms with Crippen LogP contribution < -0.4 is 9.80 Å². The minimum Gasteiger partial charge on any atom is -0.356 e. The van der Waals surface area contributed by atoms with E-state index in [0.717, 1.165) is 37.7 Å². The predicted octanol–water partition coefficient (Wildman–Crippen LogP) is 3.31. The smallest absolute Gasteiger partial charge is 0.251 e. The van der Waals surface area contributed by atoms with Gasteiger partial charge in [0.25, 0.3) is 5.92 Å². The molecule has 4 heterocycles. The largest absolute Gasteiger partial charge is 0.356 e. The van der Waals surface area contributed by atoms with Gasteiger partial charge in [-0.2, -0.15) is 0 Å². The molecule has 0 radical (unpaired) electrons. The Bertz CT molecular complexity index is 1060. The maximum Gasteiger partial charge on any atom is 0.251 e. The second kappa shape index (κ2) is 7.99. The molecule has 0 aliphatic carbocycles. The number of alkyl halides is 2. The van der Waals surface area contributed by atoms with Gasteiger partial charge in [-0.15, -0.1) is 0 Å². The molecule has 0 bridgehead atoms. The van der Waals surface area contributed by atoms with E-state index >= 15 is 0 Å². The molecule has 0 saturated carbocycles. The molecule has 0 amide bonds. The summed E-state index contributed by atoms with van der Waals surface area (Å²) in [5.41, 5.74) is 1.31. The molecule has 10 heteroatoms. The number of hydrogen-bond acceptors (Lipinski definition) is 7. The lowest BCUT2D eigenvalue weighted by Crippen LogP contribution is -2.46. The topological polar surface area (TPSA) is 61.5 Å². The summed E-state index contributed by atoms with van der Waals surface area (Å²) in [6.07, 6.45) is 1.21. The van der Waals surface area contributed by atoms with E-state index in [0.29, 0.717) is 36.4 Å². The van der Waals surface area contributed by atoms with Crippen LogP contribution in [-0.2, 0) is 6.54 Å². The van der Waals surface area contributed by atoms with Gasteiger partial charge < -0.3 is 14.3 Å².